The Morgan fingerprint density at radius 2 is 1.79 bits per heavy atom. The molecule has 0 amide bonds. The molecule has 166 valence electrons. The van der Waals surface area contributed by atoms with Crippen molar-refractivity contribution in [2.24, 2.45) is 0 Å². The van der Waals surface area contributed by atoms with E-state index in [0.717, 1.165) is 41.4 Å². The van der Waals surface area contributed by atoms with Gasteiger partial charge >= 0.3 is 0 Å². The monoisotopic (exact) mass is 451 g/mol. The second-order valence-corrected chi connectivity index (χ2v) is 9.24. The maximum absolute atomic E-state index is 6.12. The van der Waals surface area contributed by atoms with Gasteiger partial charge in [-0.2, -0.15) is 0 Å². The Morgan fingerprint density at radius 3 is 2.64 bits per heavy atom. The molecule has 1 heterocycles. The van der Waals surface area contributed by atoms with Gasteiger partial charge in [-0.3, -0.25) is 0 Å². The fourth-order valence-corrected chi connectivity index (χ4v) is 4.44. The molecule has 1 aromatic heterocycles. The van der Waals surface area contributed by atoms with Gasteiger partial charge in [-0.25, -0.2) is 4.98 Å². The van der Waals surface area contributed by atoms with Gasteiger partial charge in [-0.1, -0.05) is 97.4 Å². The number of allylic oxidation sites excluding steroid dienone is 1. The van der Waals surface area contributed by atoms with E-state index >= 15 is 0 Å². The van der Waals surface area contributed by atoms with Crippen LogP contribution in [0, 0.1) is 0 Å². The van der Waals surface area contributed by atoms with Crippen molar-refractivity contribution in [3.63, 3.8) is 0 Å². The number of aromatic nitrogens is 1. The zero-order chi connectivity index (χ0) is 23.2. The second kappa shape index (κ2) is 10.6. The van der Waals surface area contributed by atoms with Crippen molar-refractivity contribution in [3.8, 4) is 0 Å². The number of hydrogen-bond donors (Lipinski definition) is 0. The average Bonchev–Trinajstić information content (AvgIpc) is 2.82. The first kappa shape index (κ1) is 23.0. The van der Waals surface area contributed by atoms with Crippen molar-refractivity contribution in [1.29, 1.82) is 0 Å². The number of benzene rings is 3. The standard InChI is InChI=1S/C31H30ClN/c1-22(2)30-13-5-4-10-25(30)11-6-8-23(3)27-12-7-9-24(20-27)14-18-29-19-16-26-15-17-28(32)21-31(26)33-29/h4-5,7,9-10,12-21,23H,1,6,8,11H2,2-3H3/t23-/m0/s1. The van der Waals surface area contributed by atoms with Crippen LogP contribution >= 0.6 is 11.6 Å². The van der Waals surface area contributed by atoms with E-state index in [9.17, 15) is 0 Å². The molecule has 2 heteroatoms. The van der Waals surface area contributed by atoms with Crippen molar-refractivity contribution in [2.45, 2.75) is 39.0 Å². The number of rotatable bonds is 8. The fraction of sp³-hybridized carbons (Fsp3) is 0.194. The average molecular weight is 452 g/mol. The van der Waals surface area contributed by atoms with Crippen LogP contribution in [0.4, 0.5) is 0 Å². The van der Waals surface area contributed by atoms with Gasteiger partial charge < -0.3 is 0 Å². The molecule has 0 aliphatic rings. The zero-order valence-electron chi connectivity index (χ0n) is 19.4. The van der Waals surface area contributed by atoms with E-state index < -0.39 is 0 Å². The third-order valence-corrected chi connectivity index (χ3v) is 6.40. The predicted octanol–water partition coefficient (Wildman–Crippen LogP) is 9.22. The Labute approximate surface area is 202 Å². The lowest BCUT2D eigenvalue weighted by atomic mass is 9.91. The van der Waals surface area contributed by atoms with Gasteiger partial charge in [0.25, 0.3) is 0 Å². The summed E-state index contributed by atoms with van der Waals surface area (Å²) in [6.07, 6.45) is 7.61. The van der Waals surface area contributed by atoms with Crippen LogP contribution in [0.25, 0.3) is 28.6 Å². The van der Waals surface area contributed by atoms with Gasteiger partial charge in [-0.05, 0) is 78.6 Å². The third-order valence-electron chi connectivity index (χ3n) is 6.16. The molecule has 0 bridgehead atoms. The SMILES string of the molecule is C=C(C)c1ccccc1CCC[C@H](C)c1cccc(C=Cc2ccc3ccc(Cl)cc3n2)c1. The van der Waals surface area contributed by atoms with Crippen LogP contribution in [-0.2, 0) is 6.42 Å². The number of halogens is 1. The van der Waals surface area contributed by atoms with Gasteiger partial charge in [-0.15, -0.1) is 0 Å². The Kier molecular flexibility index (Phi) is 7.42. The van der Waals surface area contributed by atoms with Gasteiger partial charge in [0.2, 0.25) is 0 Å². The maximum atomic E-state index is 6.12. The molecule has 0 N–H and O–H groups in total. The molecule has 1 nitrogen and oxygen atoms in total. The number of nitrogens with zero attached hydrogens (tertiary/aromatic N) is 1. The van der Waals surface area contributed by atoms with E-state index in [0.29, 0.717) is 10.9 Å². The second-order valence-electron chi connectivity index (χ2n) is 8.81. The van der Waals surface area contributed by atoms with E-state index in [1.807, 2.05) is 24.3 Å². The topological polar surface area (TPSA) is 12.9 Å². The predicted molar refractivity (Wildman–Crippen MR) is 145 cm³/mol. The molecule has 0 saturated carbocycles. The largest absolute Gasteiger partial charge is 0.248 e. The van der Waals surface area contributed by atoms with E-state index in [1.165, 1.54) is 22.3 Å². The van der Waals surface area contributed by atoms with E-state index in [1.54, 1.807) is 0 Å². The first-order valence-corrected chi connectivity index (χ1v) is 12.0. The highest BCUT2D eigenvalue weighted by molar-refractivity contribution is 6.31. The molecule has 3 aromatic carbocycles. The van der Waals surface area contributed by atoms with Crippen molar-refractivity contribution in [1.82, 2.24) is 4.98 Å². The minimum Gasteiger partial charge on any atom is -0.248 e. The molecule has 4 rings (SSSR count). The van der Waals surface area contributed by atoms with E-state index in [-0.39, 0.29) is 0 Å². The molecule has 0 radical (unpaired) electrons. The van der Waals surface area contributed by atoms with Crippen molar-refractivity contribution < 1.29 is 0 Å². The summed E-state index contributed by atoms with van der Waals surface area (Å²) < 4.78 is 0. The summed E-state index contributed by atoms with van der Waals surface area (Å²) in [6.45, 7) is 8.54. The molecule has 0 spiro atoms. The van der Waals surface area contributed by atoms with Crippen LogP contribution in [0.15, 0.2) is 85.4 Å². The first-order valence-electron chi connectivity index (χ1n) is 11.6. The minimum atomic E-state index is 0.510. The quantitative estimate of drug-likeness (QED) is 0.260. The summed E-state index contributed by atoms with van der Waals surface area (Å²) in [7, 11) is 0. The summed E-state index contributed by atoms with van der Waals surface area (Å²) in [4.78, 5) is 4.72. The number of hydrogen-bond acceptors (Lipinski definition) is 1. The zero-order valence-corrected chi connectivity index (χ0v) is 20.1. The van der Waals surface area contributed by atoms with Crippen LogP contribution in [0.5, 0.6) is 0 Å². The van der Waals surface area contributed by atoms with Crippen LogP contribution in [0.2, 0.25) is 5.02 Å². The normalized spacial score (nSPS) is 12.3. The molecule has 0 aliphatic carbocycles. The molecular formula is C31H30ClN. The molecule has 0 unspecified atom stereocenters. The highest BCUT2D eigenvalue weighted by atomic mass is 35.5. The van der Waals surface area contributed by atoms with Crippen LogP contribution in [0.1, 0.15) is 60.6 Å². The summed E-state index contributed by atoms with van der Waals surface area (Å²) in [5.41, 5.74) is 8.25. The van der Waals surface area contributed by atoms with Gasteiger partial charge in [0.15, 0.2) is 0 Å². The molecular weight excluding hydrogens is 422 g/mol. The Morgan fingerprint density at radius 1 is 0.970 bits per heavy atom. The van der Waals surface area contributed by atoms with Gasteiger partial charge in [0.05, 0.1) is 11.2 Å². The Bertz CT molecular complexity index is 1300. The molecule has 0 aliphatic heterocycles. The lowest BCUT2D eigenvalue weighted by molar-refractivity contribution is 0.633. The molecule has 0 saturated heterocycles. The van der Waals surface area contributed by atoms with Crippen molar-refractivity contribution in [2.75, 3.05) is 0 Å². The Balaban J connectivity index is 1.40. The Hall–Kier alpha value is -3.16. The van der Waals surface area contributed by atoms with Gasteiger partial charge in [0, 0.05) is 10.4 Å². The van der Waals surface area contributed by atoms with Crippen LogP contribution in [-0.4, -0.2) is 4.98 Å². The maximum Gasteiger partial charge on any atom is 0.0724 e. The molecule has 0 fully saturated rings. The third kappa shape index (κ3) is 6.00. The minimum absolute atomic E-state index is 0.510. The number of pyridine rings is 1. The van der Waals surface area contributed by atoms with E-state index in [2.05, 4.69) is 87.2 Å². The summed E-state index contributed by atoms with van der Waals surface area (Å²) in [6, 6.07) is 27.4. The van der Waals surface area contributed by atoms with E-state index in [4.69, 9.17) is 16.6 Å². The first-order chi connectivity index (χ1) is 16.0. The van der Waals surface area contributed by atoms with Crippen LogP contribution in [0.3, 0.4) is 0 Å². The number of fused-ring (bicyclic) bond motifs is 1. The summed E-state index contributed by atoms with van der Waals surface area (Å²) >= 11 is 6.12. The summed E-state index contributed by atoms with van der Waals surface area (Å²) in [5, 5.41) is 1.80. The fourth-order valence-electron chi connectivity index (χ4n) is 4.27. The molecule has 4 aromatic rings. The lowest BCUT2D eigenvalue weighted by Gasteiger charge is -2.14. The molecule has 33 heavy (non-hydrogen) atoms. The van der Waals surface area contributed by atoms with Crippen molar-refractivity contribution in [3.05, 3.63) is 118 Å². The highest BCUT2D eigenvalue weighted by Gasteiger charge is 2.08. The molecule has 1 atom stereocenters. The number of aryl methyl sites for hydroxylation is 1. The summed E-state index contributed by atoms with van der Waals surface area (Å²) in [5.74, 6) is 0.510. The highest BCUT2D eigenvalue weighted by Crippen LogP contribution is 2.25. The van der Waals surface area contributed by atoms with Gasteiger partial charge in [0.1, 0.15) is 0 Å². The smallest absolute Gasteiger partial charge is 0.0724 e. The van der Waals surface area contributed by atoms with Crippen LogP contribution < -0.4 is 0 Å². The lowest BCUT2D eigenvalue weighted by Crippen LogP contribution is -1.97. The van der Waals surface area contributed by atoms with Crippen molar-refractivity contribution >= 4 is 40.2 Å².